The zero-order valence-corrected chi connectivity index (χ0v) is 19.2. The average molecular weight is 443 g/mol. The molecule has 0 saturated heterocycles. The summed E-state index contributed by atoms with van der Waals surface area (Å²) in [6.45, 7) is 5.82. The molecule has 0 bridgehead atoms. The Kier molecular flexibility index (Phi) is 9.20. The van der Waals surface area contributed by atoms with Crippen LogP contribution in [0.25, 0.3) is 0 Å². The lowest BCUT2D eigenvalue weighted by Gasteiger charge is -2.27. The first-order chi connectivity index (χ1) is 15.6. The van der Waals surface area contributed by atoms with Crippen molar-refractivity contribution >= 4 is 6.03 Å². The molecule has 32 heavy (non-hydrogen) atoms. The molecular formula is C26H35FN2O3. The van der Waals surface area contributed by atoms with E-state index in [1.165, 1.54) is 31.4 Å². The molecule has 0 saturated carbocycles. The number of rotatable bonds is 11. The van der Waals surface area contributed by atoms with Gasteiger partial charge in [0, 0.05) is 18.5 Å². The molecule has 0 aliphatic carbocycles. The Bertz CT molecular complexity index is 857. The molecule has 1 aliphatic rings. The van der Waals surface area contributed by atoms with Gasteiger partial charge in [0.2, 0.25) is 0 Å². The molecule has 2 amide bonds. The van der Waals surface area contributed by atoms with E-state index in [1.54, 1.807) is 12.1 Å². The number of benzene rings is 2. The van der Waals surface area contributed by atoms with E-state index in [4.69, 9.17) is 9.47 Å². The van der Waals surface area contributed by atoms with Crippen LogP contribution in [0.15, 0.2) is 42.5 Å². The summed E-state index contributed by atoms with van der Waals surface area (Å²) in [7, 11) is 0. The molecule has 174 valence electrons. The third kappa shape index (κ3) is 7.14. The van der Waals surface area contributed by atoms with Crippen LogP contribution in [0.5, 0.6) is 11.5 Å². The highest BCUT2D eigenvalue weighted by molar-refractivity contribution is 5.74. The van der Waals surface area contributed by atoms with Crippen molar-refractivity contribution in [3.05, 3.63) is 59.4 Å². The Morgan fingerprint density at radius 3 is 2.47 bits per heavy atom. The van der Waals surface area contributed by atoms with Gasteiger partial charge in [-0.05, 0) is 41.8 Å². The Hall–Kier alpha value is -2.76. The fourth-order valence-electron chi connectivity index (χ4n) is 3.99. The second-order valence-electron chi connectivity index (χ2n) is 8.45. The van der Waals surface area contributed by atoms with Crippen LogP contribution in [-0.4, -0.2) is 25.3 Å². The maximum Gasteiger partial charge on any atom is 0.315 e. The molecule has 2 atom stereocenters. The highest BCUT2D eigenvalue weighted by Crippen LogP contribution is 2.34. The first-order valence-corrected chi connectivity index (χ1v) is 11.7. The fourth-order valence-corrected chi connectivity index (χ4v) is 3.99. The summed E-state index contributed by atoms with van der Waals surface area (Å²) in [6.07, 6.45) is 6.81. The number of unbranched alkanes of at least 4 members (excludes halogenated alkanes) is 4. The quantitative estimate of drug-likeness (QED) is 0.424. The molecule has 2 aromatic rings. The van der Waals surface area contributed by atoms with Crippen LogP contribution in [0.3, 0.4) is 0 Å². The summed E-state index contributed by atoms with van der Waals surface area (Å²) in [5, 5.41) is 6.07. The number of ether oxygens (including phenoxy) is 2. The lowest BCUT2D eigenvalue weighted by molar-refractivity contribution is 0.171. The number of carbonyl (C=O) groups excluding carboxylic acids is 1. The van der Waals surface area contributed by atoms with E-state index >= 15 is 0 Å². The summed E-state index contributed by atoms with van der Waals surface area (Å²) in [6, 6.07) is 12.0. The number of urea groups is 1. The molecular weight excluding hydrogens is 407 g/mol. The van der Waals surface area contributed by atoms with Gasteiger partial charge in [0.15, 0.2) is 11.5 Å². The summed E-state index contributed by atoms with van der Waals surface area (Å²) >= 11 is 0. The maximum atomic E-state index is 13.1. The van der Waals surface area contributed by atoms with Crippen molar-refractivity contribution in [2.75, 3.05) is 13.2 Å². The molecule has 1 aliphatic heterocycles. The number of hydrogen-bond acceptors (Lipinski definition) is 3. The van der Waals surface area contributed by atoms with E-state index in [-0.39, 0.29) is 23.8 Å². The van der Waals surface area contributed by atoms with Crippen LogP contribution in [0.2, 0.25) is 0 Å². The predicted octanol–water partition coefficient (Wildman–Crippen LogP) is 5.93. The van der Waals surface area contributed by atoms with Crippen molar-refractivity contribution in [2.24, 2.45) is 0 Å². The number of carbonyl (C=O) groups is 1. The van der Waals surface area contributed by atoms with E-state index in [2.05, 4.69) is 30.5 Å². The van der Waals surface area contributed by atoms with Gasteiger partial charge in [0.05, 0.1) is 0 Å². The largest absolute Gasteiger partial charge is 0.486 e. The second kappa shape index (κ2) is 12.3. The van der Waals surface area contributed by atoms with E-state index in [0.29, 0.717) is 19.8 Å². The summed E-state index contributed by atoms with van der Waals surface area (Å²) in [4.78, 5) is 12.7. The van der Waals surface area contributed by atoms with Crippen molar-refractivity contribution in [1.29, 1.82) is 0 Å². The lowest BCUT2D eigenvalue weighted by Crippen LogP contribution is -2.44. The smallest absolute Gasteiger partial charge is 0.315 e. The van der Waals surface area contributed by atoms with E-state index < -0.39 is 0 Å². The molecule has 0 radical (unpaired) electrons. The topological polar surface area (TPSA) is 59.6 Å². The van der Waals surface area contributed by atoms with Gasteiger partial charge in [-0.1, -0.05) is 64.2 Å². The van der Waals surface area contributed by atoms with Crippen molar-refractivity contribution < 1.29 is 18.7 Å². The van der Waals surface area contributed by atoms with Gasteiger partial charge in [0.25, 0.3) is 0 Å². The predicted molar refractivity (Wildman–Crippen MR) is 125 cm³/mol. The van der Waals surface area contributed by atoms with Gasteiger partial charge < -0.3 is 20.1 Å². The number of fused-ring (bicyclic) bond motifs is 1. The third-order valence-corrected chi connectivity index (χ3v) is 6.00. The first-order valence-electron chi connectivity index (χ1n) is 11.7. The Morgan fingerprint density at radius 1 is 1.00 bits per heavy atom. The molecule has 0 spiro atoms. The van der Waals surface area contributed by atoms with Crippen LogP contribution in [0.1, 0.15) is 69.4 Å². The minimum absolute atomic E-state index is 0.00703. The van der Waals surface area contributed by atoms with E-state index in [9.17, 15) is 9.18 Å². The van der Waals surface area contributed by atoms with Gasteiger partial charge in [-0.15, -0.1) is 0 Å². The summed E-state index contributed by atoms with van der Waals surface area (Å²) in [5.41, 5.74) is 1.98. The number of hydrogen-bond donors (Lipinski definition) is 2. The van der Waals surface area contributed by atoms with Crippen molar-refractivity contribution in [3.8, 4) is 11.5 Å². The molecule has 0 fully saturated rings. The zero-order valence-electron chi connectivity index (χ0n) is 19.2. The van der Waals surface area contributed by atoms with Crippen molar-refractivity contribution in [2.45, 2.75) is 70.9 Å². The second-order valence-corrected chi connectivity index (χ2v) is 8.45. The molecule has 3 rings (SSSR count). The number of nitrogens with one attached hydrogen (secondary N) is 2. The third-order valence-electron chi connectivity index (χ3n) is 6.00. The minimum atomic E-state index is -0.283. The number of amides is 2. The molecule has 1 heterocycles. The van der Waals surface area contributed by atoms with Crippen LogP contribution in [0, 0.1) is 5.82 Å². The van der Waals surface area contributed by atoms with Crippen molar-refractivity contribution in [3.63, 3.8) is 0 Å². The Morgan fingerprint density at radius 2 is 1.72 bits per heavy atom. The van der Waals surface area contributed by atoms with Gasteiger partial charge in [-0.25, -0.2) is 9.18 Å². The van der Waals surface area contributed by atoms with Crippen LogP contribution >= 0.6 is 0 Å². The van der Waals surface area contributed by atoms with E-state index in [0.717, 1.165) is 41.9 Å². The molecule has 0 aromatic heterocycles. The van der Waals surface area contributed by atoms with Gasteiger partial charge >= 0.3 is 6.03 Å². The SMILES string of the molecule is CCCCCCCC(NC(=O)NCc1ccc(F)cc1)[C@H](C)c1ccc2c(c1)OCCO2. The van der Waals surface area contributed by atoms with E-state index in [1.807, 2.05) is 12.1 Å². The highest BCUT2D eigenvalue weighted by atomic mass is 19.1. The molecule has 5 nitrogen and oxygen atoms in total. The van der Waals surface area contributed by atoms with Gasteiger partial charge in [0.1, 0.15) is 19.0 Å². The minimum Gasteiger partial charge on any atom is -0.486 e. The molecule has 2 N–H and O–H groups in total. The fraction of sp³-hybridized carbons (Fsp3) is 0.500. The van der Waals surface area contributed by atoms with Crippen LogP contribution in [-0.2, 0) is 6.54 Å². The normalized spacial score (nSPS) is 14.5. The highest BCUT2D eigenvalue weighted by Gasteiger charge is 2.23. The van der Waals surface area contributed by atoms with Gasteiger partial charge in [-0.2, -0.15) is 0 Å². The molecule has 2 aromatic carbocycles. The maximum absolute atomic E-state index is 13.1. The summed E-state index contributed by atoms with van der Waals surface area (Å²) < 4.78 is 24.5. The van der Waals surface area contributed by atoms with Gasteiger partial charge in [-0.3, -0.25) is 0 Å². The molecule has 1 unspecified atom stereocenters. The van der Waals surface area contributed by atoms with Crippen LogP contribution < -0.4 is 20.1 Å². The Balaban J connectivity index is 1.62. The van der Waals surface area contributed by atoms with Crippen molar-refractivity contribution in [1.82, 2.24) is 10.6 Å². The summed E-state index contributed by atoms with van der Waals surface area (Å²) in [5.74, 6) is 1.37. The lowest BCUT2D eigenvalue weighted by atomic mass is 9.89. The monoisotopic (exact) mass is 442 g/mol. The Labute approximate surface area is 190 Å². The molecule has 6 heteroatoms. The number of halogens is 1. The average Bonchev–Trinajstić information content (AvgIpc) is 2.82. The van der Waals surface area contributed by atoms with Crippen LogP contribution in [0.4, 0.5) is 9.18 Å². The standard InChI is InChI=1S/C26H35FN2O3/c1-3-4-5-6-7-8-23(29-26(30)28-18-20-9-12-22(27)13-10-20)19(2)21-11-14-24-25(17-21)32-16-15-31-24/h9-14,17,19,23H,3-8,15-16,18H2,1-2H3,(H2,28,29,30)/t19-,23?/m1/s1. The first kappa shape index (κ1) is 23.9. The zero-order chi connectivity index (χ0) is 22.8.